The van der Waals surface area contributed by atoms with Crippen molar-refractivity contribution >= 4 is 11.6 Å². The number of benzene rings is 1. The highest BCUT2D eigenvalue weighted by atomic mass is 19.1. The molecule has 1 saturated heterocycles. The van der Waals surface area contributed by atoms with Crippen LogP contribution in [0.15, 0.2) is 12.1 Å². The summed E-state index contributed by atoms with van der Waals surface area (Å²) >= 11 is 0. The molecule has 1 amide bonds. The van der Waals surface area contributed by atoms with Gasteiger partial charge in [0.05, 0.1) is 5.69 Å². The zero-order valence-electron chi connectivity index (χ0n) is 11.9. The maximum absolute atomic E-state index is 14.1. The Hall–Kier alpha value is -1.65. The number of halogens is 2. The van der Waals surface area contributed by atoms with Gasteiger partial charge in [-0.25, -0.2) is 8.78 Å². The number of carbonyl (C=O) groups excluding carboxylic acids is 1. The highest BCUT2D eigenvalue weighted by Crippen LogP contribution is 2.36. The van der Waals surface area contributed by atoms with Gasteiger partial charge >= 0.3 is 0 Å². The largest absolute Gasteiger partial charge is 0.396 e. The van der Waals surface area contributed by atoms with E-state index >= 15 is 0 Å². The van der Waals surface area contributed by atoms with E-state index in [1.807, 2.05) is 0 Å². The lowest BCUT2D eigenvalue weighted by Crippen LogP contribution is -2.50. The number of fused-ring (bicyclic) bond motifs is 1. The van der Waals surface area contributed by atoms with Gasteiger partial charge in [0.25, 0.3) is 5.91 Å². The number of nitrogens with two attached hydrogens (primary N) is 1. The molecule has 0 unspecified atom stereocenters. The Bertz CT molecular complexity index is 559. The summed E-state index contributed by atoms with van der Waals surface area (Å²) in [6.07, 6.45) is 6.31. The number of hydrogen-bond donors (Lipinski definition) is 1. The second kappa shape index (κ2) is 5.62. The van der Waals surface area contributed by atoms with E-state index in [9.17, 15) is 13.6 Å². The molecule has 0 bridgehead atoms. The second-order valence-corrected chi connectivity index (χ2v) is 6.08. The SMILES string of the molecule is Nc1ccc(F)c(C(=O)N2CCC[C@H]3CCCC[C@H]32)c1F. The number of piperidine rings is 1. The van der Waals surface area contributed by atoms with E-state index in [1.54, 1.807) is 4.90 Å². The lowest BCUT2D eigenvalue weighted by molar-refractivity contribution is 0.0382. The zero-order chi connectivity index (χ0) is 15.0. The van der Waals surface area contributed by atoms with Crippen LogP contribution in [0.4, 0.5) is 14.5 Å². The topological polar surface area (TPSA) is 46.3 Å². The molecule has 3 rings (SSSR count). The molecule has 0 aromatic heterocycles. The number of likely N-dealkylation sites (tertiary alicyclic amines) is 1. The van der Waals surface area contributed by atoms with Crippen LogP contribution >= 0.6 is 0 Å². The van der Waals surface area contributed by atoms with E-state index in [0.29, 0.717) is 12.5 Å². The van der Waals surface area contributed by atoms with E-state index < -0.39 is 23.1 Å². The molecule has 1 aliphatic heterocycles. The van der Waals surface area contributed by atoms with Crippen molar-refractivity contribution in [1.82, 2.24) is 4.90 Å². The Kier molecular flexibility index (Phi) is 3.83. The van der Waals surface area contributed by atoms with Crippen LogP contribution in [0.25, 0.3) is 0 Å². The molecule has 2 fully saturated rings. The molecule has 0 spiro atoms. The fraction of sp³-hybridized carbons (Fsp3) is 0.562. The summed E-state index contributed by atoms with van der Waals surface area (Å²) in [6.45, 7) is 0.577. The van der Waals surface area contributed by atoms with Gasteiger partial charge in [0.2, 0.25) is 0 Å². The van der Waals surface area contributed by atoms with E-state index in [0.717, 1.165) is 44.2 Å². The molecule has 21 heavy (non-hydrogen) atoms. The van der Waals surface area contributed by atoms with Gasteiger partial charge in [-0.05, 0) is 43.7 Å². The Labute approximate surface area is 123 Å². The number of carbonyl (C=O) groups is 1. The van der Waals surface area contributed by atoms with Crippen LogP contribution in [-0.4, -0.2) is 23.4 Å². The molecule has 3 nitrogen and oxygen atoms in total. The van der Waals surface area contributed by atoms with Gasteiger partial charge in [0.1, 0.15) is 11.4 Å². The van der Waals surface area contributed by atoms with Crippen molar-refractivity contribution in [2.45, 2.75) is 44.6 Å². The van der Waals surface area contributed by atoms with Gasteiger partial charge in [0, 0.05) is 12.6 Å². The predicted octanol–water partition coefficient (Wildman–Crippen LogP) is 3.34. The maximum Gasteiger partial charge on any atom is 0.260 e. The fourth-order valence-corrected chi connectivity index (χ4v) is 3.79. The summed E-state index contributed by atoms with van der Waals surface area (Å²) in [4.78, 5) is 14.3. The molecule has 5 heteroatoms. The number of amides is 1. The van der Waals surface area contributed by atoms with Crippen LogP contribution in [0.1, 0.15) is 48.9 Å². The van der Waals surface area contributed by atoms with E-state index in [2.05, 4.69) is 0 Å². The van der Waals surface area contributed by atoms with Crippen molar-refractivity contribution in [1.29, 1.82) is 0 Å². The van der Waals surface area contributed by atoms with E-state index in [4.69, 9.17) is 5.73 Å². The first-order valence-corrected chi connectivity index (χ1v) is 7.64. The quantitative estimate of drug-likeness (QED) is 0.807. The Morgan fingerprint density at radius 2 is 1.86 bits per heavy atom. The lowest BCUT2D eigenvalue weighted by Gasteiger charge is -2.44. The average molecular weight is 294 g/mol. The molecule has 1 aromatic carbocycles. The molecule has 114 valence electrons. The first-order valence-electron chi connectivity index (χ1n) is 7.64. The van der Waals surface area contributed by atoms with Crippen LogP contribution in [0, 0.1) is 17.6 Å². The van der Waals surface area contributed by atoms with Crippen LogP contribution < -0.4 is 5.73 Å². The highest BCUT2D eigenvalue weighted by Gasteiger charge is 2.37. The summed E-state index contributed by atoms with van der Waals surface area (Å²) < 4.78 is 28.0. The molecular formula is C16H20F2N2O. The van der Waals surface area contributed by atoms with Crippen LogP contribution in [0.2, 0.25) is 0 Å². The van der Waals surface area contributed by atoms with Gasteiger partial charge in [0.15, 0.2) is 5.82 Å². The lowest BCUT2D eigenvalue weighted by atomic mass is 9.78. The van der Waals surface area contributed by atoms with Crippen molar-refractivity contribution in [3.63, 3.8) is 0 Å². The molecule has 0 radical (unpaired) electrons. The molecule has 2 aliphatic rings. The third kappa shape index (κ3) is 2.49. The molecular weight excluding hydrogens is 274 g/mol. The van der Waals surface area contributed by atoms with Gasteiger partial charge in [-0.3, -0.25) is 4.79 Å². The minimum Gasteiger partial charge on any atom is -0.396 e. The normalized spacial score (nSPS) is 25.5. The fourth-order valence-electron chi connectivity index (χ4n) is 3.79. The minimum absolute atomic E-state index is 0.125. The smallest absolute Gasteiger partial charge is 0.260 e. The molecule has 1 aliphatic carbocycles. The molecule has 1 saturated carbocycles. The molecule has 2 N–H and O–H groups in total. The van der Waals surface area contributed by atoms with Crippen molar-refractivity contribution in [2.75, 3.05) is 12.3 Å². The molecule has 1 heterocycles. The average Bonchev–Trinajstić information content (AvgIpc) is 2.50. The Morgan fingerprint density at radius 1 is 1.14 bits per heavy atom. The molecule has 1 aromatic rings. The first kappa shape index (κ1) is 14.3. The third-order valence-electron chi connectivity index (χ3n) is 4.84. The Balaban J connectivity index is 1.92. The van der Waals surface area contributed by atoms with Crippen molar-refractivity contribution < 1.29 is 13.6 Å². The van der Waals surface area contributed by atoms with Crippen LogP contribution in [0.5, 0.6) is 0 Å². The number of nitrogen functional groups attached to an aromatic ring is 1. The number of nitrogens with zero attached hydrogens (tertiary/aromatic N) is 1. The monoisotopic (exact) mass is 294 g/mol. The summed E-state index contributed by atoms with van der Waals surface area (Å²) in [6, 6.07) is 2.34. The van der Waals surface area contributed by atoms with Crippen molar-refractivity contribution in [3.05, 3.63) is 29.3 Å². The van der Waals surface area contributed by atoms with Crippen molar-refractivity contribution in [2.24, 2.45) is 5.92 Å². The van der Waals surface area contributed by atoms with Gasteiger partial charge in [-0.15, -0.1) is 0 Å². The summed E-state index contributed by atoms with van der Waals surface area (Å²) in [7, 11) is 0. The van der Waals surface area contributed by atoms with E-state index in [1.165, 1.54) is 6.42 Å². The molecule has 2 atom stereocenters. The third-order valence-corrected chi connectivity index (χ3v) is 4.84. The maximum atomic E-state index is 14.1. The standard InChI is InChI=1S/C16H20F2N2O/c17-11-7-8-12(19)15(18)14(11)16(21)20-9-3-5-10-4-1-2-6-13(10)20/h7-8,10,13H,1-6,9,19H2/t10-,13-/m1/s1. The Morgan fingerprint density at radius 3 is 2.67 bits per heavy atom. The van der Waals surface area contributed by atoms with Gasteiger partial charge < -0.3 is 10.6 Å². The van der Waals surface area contributed by atoms with Gasteiger partial charge in [-0.2, -0.15) is 0 Å². The first-order chi connectivity index (χ1) is 10.1. The summed E-state index contributed by atoms with van der Waals surface area (Å²) in [5, 5.41) is 0. The zero-order valence-corrected chi connectivity index (χ0v) is 11.9. The predicted molar refractivity (Wildman–Crippen MR) is 76.8 cm³/mol. The highest BCUT2D eigenvalue weighted by molar-refractivity contribution is 5.96. The van der Waals surface area contributed by atoms with Crippen LogP contribution in [-0.2, 0) is 0 Å². The number of anilines is 1. The van der Waals surface area contributed by atoms with Gasteiger partial charge in [-0.1, -0.05) is 12.8 Å². The number of rotatable bonds is 1. The van der Waals surface area contributed by atoms with Crippen LogP contribution in [0.3, 0.4) is 0 Å². The number of hydrogen-bond acceptors (Lipinski definition) is 2. The van der Waals surface area contributed by atoms with E-state index in [-0.39, 0.29) is 11.7 Å². The summed E-state index contributed by atoms with van der Waals surface area (Å²) in [5.74, 6) is -1.83. The summed E-state index contributed by atoms with van der Waals surface area (Å²) in [5.41, 5.74) is 4.79. The second-order valence-electron chi connectivity index (χ2n) is 6.08. The van der Waals surface area contributed by atoms with Crippen molar-refractivity contribution in [3.8, 4) is 0 Å². The minimum atomic E-state index is -0.932.